The number of nitrogens with zero attached hydrogens (tertiary/aromatic N) is 2. The lowest BCUT2D eigenvalue weighted by atomic mass is 9.91. The number of aromatic carboxylic acids is 1. The largest absolute Gasteiger partial charge is 0.478 e. The summed E-state index contributed by atoms with van der Waals surface area (Å²) in [6, 6.07) is 3.45. The van der Waals surface area contributed by atoms with E-state index in [2.05, 4.69) is 18.8 Å². The predicted octanol–water partition coefficient (Wildman–Crippen LogP) is 6.66. The van der Waals surface area contributed by atoms with Crippen molar-refractivity contribution >= 4 is 11.9 Å². The van der Waals surface area contributed by atoms with Gasteiger partial charge in [0.1, 0.15) is 6.33 Å². The van der Waals surface area contributed by atoms with Crippen molar-refractivity contribution in [1.82, 2.24) is 9.71 Å². The van der Waals surface area contributed by atoms with Crippen LogP contribution >= 0.6 is 0 Å². The molecule has 182 valence electrons. The number of carbonyl (C=O) groups excluding carboxylic acids is 1. The number of benzene rings is 1. The molecule has 6 nitrogen and oxygen atoms in total. The van der Waals surface area contributed by atoms with Crippen molar-refractivity contribution in [3.63, 3.8) is 0 Å². The van der Waals surface area contributed by atoms with Gasteiger partial charge in [0, 0.05) is 6.20 Å². The molecule has 33 heavy (non-hydrogen) atoms. The highest BCUT2D eigenvalue weighted by Crippen LogP contribution is 2.23. The van der Waals surface area contributed by atoms with Crippen LogP contribution in [0.1, 0.15) is 123 Å². The van der Waals surface area contributed by atoms with E-state index in [0.717, 1.165) is 49.7 Å². The fraction of sp³-hybridized carbons (Fsp3) is 0.593. The van der Waals surface area contributed by atoms with Crippen LogP contribution in [-0.2, 0) is 12.8 Å². The molecule has 1 aromatic heterocycles. The van der Waals surface area contributed by atoms with Crippen molar-refractivity contribution < 1.29 is 19.5 Å². The van der Waals surface area contributed by atoms with Crippen LogP contribution in [0.4, 0.5) is 0 Å². The molecule has 0 amide bonds. The van der Waals surface area contributed by atoms with Crippen LogP contribution < -0.4 is 4.84 Å². The zero-order valence-electron chi connectivity index (χ0n) is 20.4. The summed E-state index contributed by atoms with van der Waals surface area (Å²) in [6.45, 7) is 4.42. The monoisotopic (exact) mass is 456 g/mol. The molecular weight excluding hydrogens is 416 g/mol. The van der Waals surface area contributed by atoms with Crippen LogP contribution in [0.5, 0.6) is 0 Å². The van der Waals surface area contributed by atoms with Crippen LogP contribution in [-0.4, -0.2) is 26.8 Å². The van der Waals surface area contributed by atoms with Gasteiger partial charge in [-0.1, -0.05) is 78.1 Å². The van der Waals surface area contributed by atoms with Crippen molar-refractivity contribution in [3.8, 4) is 0 Å². The number of hydrogen-bond donors (Lipinski definition) is 1. The number of imidazole rings is 1. The lowest BCUT2D eigenvalue weighted by molar-refractivity contribution is 0.0451. The van der Waals surface area contributed by atoms with E-state index in [1.165, 1.54) is 74.8 Å². The molecule has 1 N–H and O–H groups in total. The Morgan fingerprint density at radius 2 is 1.33 bits per heavy atom. The van der Waals surface area contributed by atoms with E-state index in [9.17, 15) is 14.7 Å². The maximum Gasteiger partial charge on any atom is 0.364 e. The first kappa shape index (κ1) is 26.6. The molecule has 2 aromatic rings. The molecule has 0 saturated carbocycles. The Kier molecular flexibility index (Phi) is 12.3. The van der Waals surface area contributed by atoms with E-state index < -0.39 is 11.9 Å². The summed E-state index contributed by atoms with van der Waals surface area (Å²) in [6.07, 6.45) is 20.3. The van der Waals surface area contributed by atoms with Gasteiger partial charge in [0.25, 0.3) is 0 Å². The molecule has 0 radical (unpaired) electrons. The normalized spacial score (nSPS) is 11.0. The maximum absolute atomic E-state index is 12.8. The highest BCUT2D eigenvalue weighted by molar-refractivity contribution is 6.03. The van der Waals surface area contributed by atoms with Gasteiger partial charge >= 0.3 is 11.9 Å². The minimum atomic E-state index is -1.11. The smallest absolute Gasteiger partial charge is 0.364 e. The van der Waals surface area contributed by atoms with Crippen LogP contribution in [0.2, 0.25) is 0 Å². The molecule has 1 heterocycles. The summed E-state index contributed by atoms with van der Waals surface area (Å²) in [7, 11) is 0. The highest BCUT2D eigenvalue weighted by atomic mass is 16.7. The molecule has 0 spiro atoms. The van der Waals surface area contributed by atoms with Crippen molar-refractivity contribution in [2.45, 2.75) is 104 Å². The lowest BCUT2D eigenvalue weighted by Crippen LogP contribution is -2.22. The fourth-order valence-electron chi connectivity index (χ4n) is 4.14. The first-order valence-electron chi connectivity index (χ1n) is 12.7. The minimum absolute atomic E-state index is 0.00722. The topological polar surface area (TPSA) is 81.4 Å². The summed E-state index contributed by atoms with van der Waals surface area (Å²) in [5.74, 6) is -1.79. The Balaban J connectivity index is 2.16. The van der Waals surface area contributed by atoms with Crippen molar-refractivity contribution in [2.75, 3.05) is 0 Å². The first-order chi connectivity index (χ1) is 16.1. The second-order valence-corrected chi connectivity index (χ2v) is 8.81. The predicted molar refractivity (Wildman–Crippen MR) is 131 cm³/mol. The molecule has 1 aromatic carbocycles. The van der Waals surface area contributed by atoms with Gasteiger partial charge in [-0.15, -0.1) is 0 Å². The highest BCUT2D eigenvalue weighted by Gasteiger charge is 2.22. The van der Waals surface area contributed by atoms with Gasteiger partial charge in [-0.2, -0.15) is 4.73 Å². The van der Waals surface area contributed by atoms with Gasteiger partial charge < -0.3 is 9.94 Å². The van der Waals surface area contributed by atoms with Gasteiger partial charge in [0.15, 0.2) is 0 Å². The third-order valence-corrected chi connectivity index (χ3v) is 6.06. The Hall–Kier alpha value is -2.63. The molecule has 0 saturated heterocycles. The molecule has 0 fully saturated rings. The zero-order valence-corrected chi connectivity index (χ0v) is 20.4. The molecule has 0 unspecified atom stereocenters. The zero-order chi connectivity index (χ0) is 23.9. The second kappa shape index (κ2) is 15.3. The van der Waals surface area contributed by atoms with Gasteiger partial charge in [0.05, 0.1) is 17.3 Å². The Labute approximate surface area is 198 Å². The molecule has 0 atom stereocenters. The summed E-state index contributed by atoms with van der Waals surface area (Å²) in [4.78, 5) is 33.9. The third-order valence-electron chi connectivity index (χ3n) is 6.06. The molecule has 6 heteroatoms. The molecule has 0 aliphatic rings. The number of rotatable bonds is 17. The molecule has 2 rings (SSSR count). The van der Waals surface area contributed by atoms with E-state index in [1.807, 2.05) is 0 Å². The number of aromatic nitrogens is 2. The van der Waals surface area contributed by atoms with Crippen molar-refractivity contribution in [3.05, 3.63) is 53.1 Å². The van der Waals surface area contributed by atoms with Crippen LogP contribution in [0.15, 0.2) is 30.9 Å². The fourth-order valence-corrected chi connectivity index (χ4v) is 4.14. The lowest BCUT2D eigenvalue weighted by Gasteiger charge is -2.15. The van der Waals surface area contributed by atoms with E-state index in [0.29, 0.717) is 0 Å². The van der Waals surface area contributed by atoms with Gasteiger partial charge in [0.2, 0.25) is 0 Å². The van der Waals surface area contributed by atoms with Crippen LogP contribution in [0, 0.1) is 0 Å². The Morgan fingerprint density at radius 3 is 1.82 bits per heavy atom. The van der Waals surface area contributed by atoms with E-state index in [-0.39, 0.29) is 11.1 Å². The molecular formula is C27H40N2O4. The number of hydrogen-bond acceptors (Lipinski definition) is 4. The van der Waals surface area contributed by atoms with E-state index in [1.54, 1.807) is 12.1 Å². The standard InChI is InChI=1S/C27H40N2O4/c1-3-5-7-9-11-13-15-22-19-24(26(30)31)25(27(32)33-29-18-17-28-21-29)20-23(22)16-14-12-10-8-6-4-2/h17-21H,3-16H2,1-2H3,(H,30,31). The Bertz CT molecular complexity index is 846. The Morgan fingerprint density at radius 1 is 0.818 bits per heavy atom. The average molecular weight is 457 g/mol. The van der Waals surface area contributed by atoms with E-state index >= 15 is 0 Å². The first-order valence-corrected chi connectivity index (χ1v) is 12.7. The second-order valence-electron chi connectivity index (χ2n) is 8.81. The molecule has 0 aliphatic carbocycles. The summed E-state index contributed by atoms with van der Waals surface area (Å²) in [5, 5.41) is 9.79. The summed E-state index contributed by atoms with van der Waals surface area (Å²) >= 11 is 0. The number of carboxylic acids is 1. The number of carboxylic acid groups (broad SMARTS) is 1. The van der Waals surface area contributed by atoms with Gasteiger partial charge in [-0.05, 0) is 48.9 Å². The SMILES string of the molecule is CCCCCCCCc1cc(C(=O)O)c(C(=O)On2ccnc2)cc1CCCCCCCC. The van der Waals surface area contributed by atoms with Crippen LogP contribution in [0.3, 0.4) is 0 Å². The molecule has 0 aliphatic heterocycles. The number of unbranched alkanes of at least 4 members (excludes halogenated alkanes) is 10. The third kappa shape index (κ3) is 9.40. The van der Waals surface area contributed by atoms with E-state index in [4.69, 9.17) is 4.84 Å². The average Bonchev–Trinajstić information content (AvgIpc) is 3.31. The van der Waals surface area contributed by atoms with Crippen molar-refractivity contribution in [1.29, 1.82) is 0 Å². The molecule has 0 bridgehead atoms. The summed E-state index contributed by atoms with van der Waals surface area (Å²) in [5.41, 5.74) is 2.23. The van der Waals surface area contributed by atoms with Gasteiger partial charge in [-0.25, -0.2) is 14.6 Å². The van der Waals surface area contributed by atoms with Crippen molar-refractivity contribution in [2.24, 2.45) is 0 Å². The number of aryl methyl sites for hydroxylation is 2. The van der Waals surface area contributed by atoms with Gasteiger partial charge in [-0.3, -0.25) is 0 Å². The minimum Gasteiger partial charge on any atom is -0.478 e. The van der Waals surface area contributed by atoms with Crippen LogP contribution in [0.25, 0.3) is 0 Å². The maximum atomic E-state index is 12.8. The number of carbonyl (C=O) groups is 2. The summed E-state index contributed by atoms with van der Waals surface area (Å²) < 4.78 is 1.19. The quantitative estimate of drug-likeness (QED) is 0.269.